The molecule has 2 aromatic carbocycles. The van der Waals surface area contributed by atoms with Crippen molar-refractivity contribution in [2.75, 3.05) is 0 Å². The van der Waals surface area contributed by atoms with Gasteiger partial charge in [-0.1, -0.05) is 55.5 Å². The maximum absolute atomic E-state index is 10.9. The van der Waals surface area contributed by atoms with Crippen molar-refractivity contribution in [1.29, 1.82) is 0 Å². The number of carbonyl (C=O) groups is 1. The van der Waals surface area contributed by atoms with Crippen LogP contribution in [-0.2, 0) is 0 Å². The normalized spacial score (nSPS) is 11.9. The molecule has 1 unspecified atom stereocenters. The predicted octanol–water partition coefficient (Wildman–Crippen LogP) is 5.15. The van der Waals surface area contributed by atoms with E-state index in [2.05, 4.69) is 45.5 Å². The summed E-state index contributed by atoms with van der Waals surface area (Å²) in [6.07, 6.45) is 0.888. The van der Waals surface area contributed by atoms with Gasteiger partial charge in [0.2, 0.25) is 0 Å². The van der Waals surface area contributed by atoms with E-state index in [0.29, 0.717) is 11.5 Å². The Balaban J connectivity index is 2.52. The van der Waals surface area contributed by atoms with Crippen molar-refractivity contribution in [3.63, 3.8) is 0 Å². The Morgan fingerprint density at radius 1 is 1.20 bits per heavy atom. The van der Waals surface area contributed by atoms with E-state index in [1.807, 2.05) is 24.3 Å². The summed E-state index contributed by atoms with van der Waals surface area (Å²) in [5.74, 6) is 0.337. The van der Waals surface area contributed by atoms with Crippen molar-refractivity contribution < 1.29 is 4.79 Å². The minimum Gasteiger partial charge on any atom is -0.298 e. The molecule has 0 fully saturated rings. The third-order valence-electron chi connectivity index (χ3n) is 3.83. The Morgan fingerprint density at radius 3 is 2.60 bits per heavy atom. The van der Waals surface area contributed by atoms with Gasteiger partial charge in [-0.3, -0.25) is 4.79 Å². The van der Waals surface area contributed by atoms with Crippen LogP contribution in [0.3, 0.4) is 0 Å². The first-order chi connectivity index (χ1) is 9.52. The van der Waals surface area contributed by atoms with Gasteiger partial charge < -0.3 is 0 Å². The molecule has 0 aliphatic heterocycles. The summed E-state index contributed by atoms with van der Waals surface area (Å²) < 4.78 is 0. The van der Waals surface area contributed by atoms with Crippen LogP contribution in [0.1, 0.15) is 41.3 Å². The van der Waals surface area contributed by atoms with Crippen molar-refractivity contribution in [3.8, 4) is 11.1 Å². The molecule has 0 aromatic heterocycles. The van der Waals surface area contributed by atoms with E-state index in [1.54, 1.807) is 0 Å². The molecule has 1 atom stereocenters. The molecule has 0 saturated heterocycles. The Bertz CT molecular complexity index is 653. The zero-order valence-electron chi connectivity index (χ0n) is 12.3. The maximum Gasteiger partial charge on any atom is 0.150 e. The lowest BCUT2D eigenvalue weighted by Gasteiger charge is -2.15. The van der Waals surface area contributed by atoms with Crippen molar-refractivity contribution in [1.82, 2.24) is 0 Å². The van der Waals surface area contributed by atoms with Gasteiger partial charge in [-0.25, -0.2) is 0 Å². The molecule has 2 rings (SSSR count). The Labute approximate surface area is 121 Å². The van der Waals surface area contributed by atoms with Crippen LogP contribution in [0, 0.1) is 6.92 Å². The molecule has 0 heterocycles. The van der Waals surface area contributed by atoms with Crippen molar-refractivity contribution in [2.24, 2.45) is 0 Å². The summed E-state index contributed by atoms with van der Waals surface area (Å²) in [6, 6.07) is 14.2. The molecule has 0 N–H and O–H groups in total. The van der Waals surface area contributed by atoms with Gasteiger partial charge in [0.25, 0.3) is 0 Å². The second kappa shape index (κ2) is 5.87. The topological polar surface area (TPSA) is 17.1 Å². The number of hydrogen-bond acceptors (Lipinski definition) is 1. The second-order valence-electron chi connectivity index (χ2n) is 5.39. The van der Waals surface area contributed by atoms with Gasteiger partial charge in [0.15, 0.2) is 0 Å². The van der Waals surface area contributed by atoms with Crippen molar-refractivity contribution >= 4 is 6.29 Å². The molecule has 0 amide bonds. The van der Waals surface area contributed by atoms with Crippen LogP contribution in [0.5, 0.6) is 0 Å². The number of aryl methyl sites for hydroxylation is 1. The first kappa shape index (κ1) is 14.3. The van der Waals surface area contributed by atoms with E-state index in [0.717, 1.165) is 17.4 Å². The molecular weight excluding hydrogens is 244 g/mol. The van der Waals surface area contributed by atoms with Gasteiger partial charge >= 0.3 is 0 Å². The van der Waals surface area contributed by atoms with Gasteiger partial charge in [-0.05, 0) is 42.2 Å². The first-order valence-electron chi connectivity index (χ1n) is 6.84. The van der Waals surface area contributed by atoms with E-state index < -0.39 is 0 Å². The lowest BCUT2D eigenvalue weighted by Crippen LogP contribution is -1.96. The number of allylic oxidation sites excluding steroid dienone is 1. The van der Waals surface area contributed by atoms with Crippen LogP contribution in [0.15, 0.2) is 54.6 Å². The van der Waals surface area contributed by atoms with E-state index >= 15 is 0 Å². The Morgan fingerprint density at radius 2 is 1.95 bits per heavy atom. The van der Waals surface area contributed by atoms with Gasteiger partial charge in [0.05, 0.1) is 0 Å². The highest BCUT2D eigenvalue weighted by Crippen LogP contribution is 2.30. The highest BCUT2D eigenvalue weighted by molar-refractivity contribution is 5.79. The molecule has 0 bridgehead atoms. The molecule has 102 valence electrons. The van der Waals surface area contributed by atoms with Crippen LogP contribution < -0.4 is 0 Å². The summed E-state index contributed by atoms with van der Waals surface area (Å²) in [5, 5.41) is 0. The average molecular weight is 264 g/mol. The number of aldehydes is 1. The molecule has 20 heavy (non-hydrogen) atoms. The van der Waals surface area contributed by atoms with E-state index in [9.17, 15) is 4.79 Å². The fraction of sp³-hybridized carbons (Fsp3) is 0.211. The fourth-order valence-corrected chi connectivity index (χ4v) is 2.28. The molecule has 1 heteroatoms. The Kier molecular flexibility index (Phi) is 4.19. The van der Waals surface area contributed by atoms with Gasteiger partial charge in [0.1, 0.15) is 6.29 Å². The number of benzene rings is 2. The summed E-state index contributed by atoms with van der Waals surface area (Å²) in [7, 11) is 0. The van der Waals surface area contributed by atoms with Gasteiger partial charge in [-0.2, -0.15) is 0 Å². The van der Waals surface area contributed by atoms with Crippen molar-refractivity contribution in [2.45, 2.75) is 26.7 Å². The molecule has 2 aromatic rings. The largest absolute Gasteiger partial charge is 0.298 e. The quantitative estimate of drug-likeness (QED) is 0.551. The zero-order valence-corrected chi connectivity index (χ0v) is 12.3. The number of rotatable bonds is 4. The number of carbonyl (C=O) groups excluding carboxylic acids is 1. The lowest BCUT2D eigenvalue weighted by molar-refractivity contribution is 0.112. The van der Waals surface area contributed by atoms with Crippen LogP contribution in [0.25, 0.3) is 11.1 Å². The molecular formula is C19H20O. The molecule has 0 spiro atoms. The average Bonchev–Trinajstić information content (AvgIpc) is 2.47. The Hall–Kier alpha value is -2.15. The van der Waals surface area contributed by atoms with Gasteiger partial charge in [-0.15, -0.1) is 0 Å². The number of hydrogen-bond donors (Lipinski definition) is 0. The SMILES string of the molecule is C=C(C)C(C)c1ccc(C)c(-c2cccc(C=O)c2)c1. The second-order valence-corrected chi connectivity index (χ2v) is 5.39. The molecule has 0 aliphatic carbocycles. The summed E-state index contributed by atoms with van der Waals surface area (Å²) >= 11 is 0. The minimum absolute atomic E-state index is 0.337. The highest BCUT2D eigenvalue weighted by atomic mass is 16.1. The molecule has 1 nitrogen and oxygen atoms in total. The molecule has 0 aliphatic rings. The summed E-state index contributed by atoms with van der Waals surface area (Å²) in [4.78, 5) is 10.9. The standard InChI is InChI=1S/C19H20O/c1-13(2)15(4)17-9-8-14(3)19(11-17)18-7-5-6-16(10-18)12-20/h5-12,15H,1H2,2-4H3. The smallest absolute Gasteiger partial charge is 0.150 e. The van der Waals surface area contributed by atoms with Crippen LogP contribution in [0.2, 0.25) is 0 Å². The molecule has 0 radical (unpaired) electrons. The van der Waals surface area contributed by atoms with E-state index in [4.69, 9.17) is 0 Å². The summed E-state index contributed by atoms with van der Waals surface area (Å²) in [6.45, 7) is 10.4. The van der Waals surface area contributed by atoms with E-state index in [1.165, 1.54) is 16.7 Å². The van der Waals surface area contributed by atoms with E-state index in [-0.39, 0.29) is 0 Å². The monoisotopic (exact) mass is 264 g/mol. The minimum atomic E-state index is 0.337. The lowest BCUT2D eigenvalue weighted by atomic mass is 9.90. The third-order valence-corrected chi connectivity index (χ3v) is 3.83. The highest BCUT2D eigenvalue weighted by Gasteiger charge is 2.09. The van der Waals surface area contributed by atoms with Crippen LogP contribution in [-0.4, -0.2) is 6.29 Å². The van der Waals surface area contributed by atoms with Crippen molar-refractivity contribution in [3.05, 3.63) is 71.3 Å². The predicted molar refractivity (Wildman–Crippen MR) is 85.2 cm³/mol. The van der Waals surface area contributed by atoms with Gasteiger partial charge in [0, 0.05) is 11.5 Å². The summed E-state index contributed by atoms with van der Waals surface area (Å²) in [5.41, 5.74) is 6.60. The van der Waals surface area contributed by atoms with Crippen LogP contribution in [0.4, 0.5) is 0 Å². The van der Waals surface area contributed by atoms with Crippen LogP contribution >= 0.6 is 0 Å². The third kappa shape index (κ3) is 2.88. The molecule has 0 saturated carbocycles. The zero-order chi connectivity index (χ0) is 14.7. The first-order valence-corrected chi connectivity index (χ1v) is 6.84. The maximum atomic E-state index is 10.9. The fourth-order valence-electron chi connectivity index (χ4n) is 2.28.